The molecule has 6 nitrogen and oxygen atoms in total. The summed E-state index contributed by atoms with van der Waals surface area (Å²) in [4.78, 5) is 24.9. The molecule has 1 aromatic heterocycles. The number of carbonyl (C=O) groups is 1. The quantitative estimate of drug-likeness (QED) is 0.435. The highest BCUT2D eigenvalue weighted by atomic mass is 32.2. The zero-order valence-corrected chi connectivity index (χ0v) is 18.2. The largest absolute Gasteiger partial charge is 0.366 e. The number of carbonyl (C=O) groups excluding carboxylic acids is 1. The number of anilines is 2. The van der Waals surface area contributed by atoms with Gasteiger partial charge in [-0.3, -0.25) is 4.79 Å². The van der Waals surface area contributed by atoms with Gasteiger partial charge in [0.25, 0.3) is 0 Å². The number of amides is 1. The Balaban J connectivity index is 1.27. The second-order valence-electron chi connectivity index (χ2n) is 7.33. The Labute approximate surface area is 189 Å². The number of thioether (sulfide) groups is 1. The van der Waals surface area contributed by atoms with Crippen molar-refractivity contribution in [2.45, 2.75) is 11.6 Å². The number of aromatic nitrogens is 2. The van der Waals surface area contributed by atoms with Crippen molar-refractivity contribution in [1.82, 2.24) is 15.3 Å². The van der Waals surface area contributed by atoms with Gasteiger partial charge in [0.15, 0.2) is 0 Å². The first-order chi connectivity index (χ1) is 15.6. The molecule has 0 saturated carbocycles. The van der Waals surface area contributed by atoms with Crippen molar-refractivity contribution >= 4 is 29.2 Å². The molecule has 0 aliphatic carbocycles. The van der Waals surface area contributed by atoms with Gasteiger partial charge in [0.1, 0.15) is 28.8 Å². The van der Waals surface area contributed by atoms with Crippen LogP contribution in [0, 0.1) is 11.6 Å². The van der Waals surface area contributed by atoms with E-state index < -0.39 is 0 Å². The summed E-state index contributed by atoms with van der Waals surface area (Å²) in [6.07, 6.45) is 1.50. The Morgan fingerprint density at radius 1 is 0.969 bits per heavy atom. The summed E-state index contributed by atoms with van der Waals surface area (Å²) < 4.78 is 27.0. The Kier molecular flexibility index (Phi) is 7.16. The predicted molar refractivity (Wildman–Crippen MR) is 122 cm³/mol. The van der Waals surface area contributed by atoms with E-state index in [1.807, 2.05) is 17.0 Å². The molecule has 1 fully saturated rings. The van der Waals surface area contributed by atoms with Crippen molar-refractivity contribution in [3.63, 3.8) is 0 Å². The van der Waals surface area contributed by atoms with Crippen molar-refractivity contribution in [3.8, 4) is 0 Å². The molecule has 166 valence electrons. The van der Waals surface area contributed by atoms with E-state index >= 15 is 0 Å². The third kappa shape index (κ3) is 5.73. The van der Waals surface area contributed by atoms with Gasteiger partial charge in [-0.25, -0.2) is 18.7 Å². The second-order valence-corrected chi connectivity index (χ2v) is 8.33. The summed E-state index contributed by atoms with van der Waals surface area (Å²) in [6.45, 7) is 3.17. The molecular formula is C23H23F2N5OS. The van der Waals surface area contributed by atoms with Gasteiger partial charge in [0, 0.05) is 38.8 Å². The van der Waals surface area contributed by atoms with Gasteiger partial charge >= 0.3 is 0 Å². The van der Waals surface area contributed by atoms with E-state index in [1.165, 1.54) is 36.3 Å². The molecule has 0 atom stereocenters. The summed E-state index contributed by atoms with van der Waals surface area (Å²) in [5.74, 6) is 0.377. The molecule has 3 aromatic rings. The third-order valence-corrected chi connectivity index (χ3v) is 6.10. The van der Waals surface area contributed by atoms with Crippen LogP contribution >= 0.6 is 11.8 Å². The van der Waals surface area contributed by atoms with E-state index in [0.29, 0.717) is 43.4 Å². The number of nitrogens with zero attached hydrogens (tertiary/aromatic N) is 4. The summed E-state index contributed by atoms with van der Waals surface area (Å²) in [7, 11) is 0. The topological polar surface area (TPSA) is 61.4 Å². The normalized spacial score (nSPS) is 13.8. The molecule has 2 heterocycles. The monoisotopic (exact) mass is 455 g/mol. The van der Waals surface area contributed by atoms with Crippen molar-refractivity contribution in [2.75, 3.05) is 41.7 Å². The summed E-state index contributed by atoms with van der Waals surface area (Å²) >= 11 is 1.33. The third-order valence-electron chi connectivity index (χ3n) is 5.18. The van der Waals surface area contributed by atoms with E-state index in [4.69, 9.17) is 0 Å². The van der Waals surface area contributed by atoms with Crippen molar-refractivity contribution in [1.29, 1.82) is 0 Å². The summed E-state index contributed by atoms with van der Waals surface area (Å²) in [5, 5.41) is 3.53. The van der Waals surface area contributed by atoms with Gasteiger partial charge in [0.05, 0.1) is 11.4 Å². The van der Waals surface area contributed by atoms with Crippen LogP contribution in [0.5, 0.6) is 0 Å². The highest BCUT2D eigenvalue weighted by molar-refractivity contribution is 7.99. The number of rotatable bonds is 7. The number of para-hydroxylation sites is 1. The van der Waals surface area contributed by atoms with Gasteiger partial charge in [0.2, 0.25) is 5.91 Å². The second kappa shape index (κ2) is 10.4. The first kappa shape index (κ1) is 22.0. The van der Waals surface area contributed by atoms with Crippen molar-refractivity contribution in [2.24, 2.45) is 0 Å². The number of hydrogen-bond acceptors (Lipinski definition) is 6. The first-order valence-electron chi connectivity index (χ1n) is 10.3. The number of benzene rings is 2. The highest BCUT2D eigenvalue weighted by Crippen LogP contribution is 2.24. The SMILES string of the molecule is O=C(CSc1cc(N2CCN(c3ccccc3F)CC2)ncn1)NCc1ccc(F)cc1. The lowest BCUT2D eigenvalue weighted by Gasteiger charge is -2.36. The van der Waals surface area contributed by atoms with Crippen LogP contribution in [0.2, 0.25) is 0 Å². The molecule has 1 N–H and O–H groups in total. The molecule has 0 spiro atoms. The maximum Gasteiger partial charge on any atom is 0.230 e. The molecule has 1 amide bonds. The molecule has 4 rings (SSSR count). The molecule has 0 unspecified atom stereocenters. The van der Waals surface area contributed by atoms with Crippen LogP contribution in [0.25, 0.3) is 0 Å². The van der Waals surface area contributed by atoms with E-state index in [1.54, 1.807) is 24.3 Å². The molecule has 0 bridgehead atoms. The minimum absolute atomic E-state index is 0.127. The van der Waals surface area contributed by atoms with Crippen LogP contribution in [0.4, 0.5) is 20.3 Å². The Bertz CT molecular complexity index is 1060. The van der Waals surface area contributed by atoms with Gasteiger partial charge in [-0.15, -0.1) is 0 Å². The van der Waals surface area contributed by atoms with E-state index in [9.17, 15) is 13.6 Å². The lowest BCUT2D eigenvalue weighted by atomic mass is 10.2. The summed E-state index contributed by atoms with van der Waals surface area (Å²) in [6, 6.07) is 14.7. The average molecular weight is 456 g/mol. The van der Waals surface area contributed by atoms with Crippen LogP contribution in [-0.2, 0) is 11.3 Å². The fourth-order valence-corrected chi connectivity index (χ4v) is 4.15. The maximum atomic E-state index is 14.0. The van der Waals surface area contributed by atoms with E-state index in [-0.39, 0.29) is 23.3 Å². The van der Waals surface area contributed by atoms with E-state index in [0.717, 1.165) is 11.4 Å². The summed E-state index contributed by atoms with van der Waals surface area (Å²) in [5.41, 5.74) is 1.46. The lowest BCUT2D eigenvalue weighted by Crippen LogP contribution is -2.47. The zero-order valence-electron chi connectivity index (χ0n) is 17.4. The number of nitrogens with one attached hydrogen (secondary N) is 1. The standard InChI is InChI=1S/C23H23F2N5OS/c24-18-7-5-17(6-8-18)14-26-22(31)15-32-23-13-21(27-16-28-23)30-11-9-29(10-12-30)20-4-2-1-3-19(20)25/h1-8,13,16H,9-12,14-15H2,(H,26,31). The molecule has 0 radical (unpaired) electrons. The molecular weight excluding hydrogens is 432 g/mol. The van der Waals surface area contributed by atoms with Crippen LogP contribution in [0.15, 0.2) is 66.0 Å². The van der Waals surface area contributed by atoms with Crippen LogP contribution < -0.4 is 15.1 Å². The average Bonchev–Trinajstić information content (AvgIpc) is 2.83. The molecule has 32 heavy (non-hydrogen) atoms. The maximum absolute atomic E-state index is 14.0. The predicted octanol–water partition coefficient (Wildman–Crippen LogP) is 3.49. The molecule has 9 heteroatoms. The Hall–Kier alpha value is -3.20. The van der Waals surface area contributed by atoms with Gasteiger partial charge in [-0.1, -0.05) is 36.0 Å². The Morgan fingerprint density at radius 3 is 2.44 bits per heavy atom. The number of piperazine rings is 1. The highest BCUT2D eigenvalue weighted by Gasteiger charge is 2.20. The number of hydrogen-bond donors (Lipinski definition) is 1. The molecule has 1 saturated heterocycles. The van der Waals surface area contributed by atoms with E-state index in [2.05, 4.69) is 20.2 Å². The molecule has 2 aromatic carbocycles. The van der Waals surface area contributed by atoms with Crippen LogP contribution in [0.3, 0.4) is 0 Å². The van der Waals surface area contributed by atoms with Crippen LogP contribution in [0.1, 0.15) is 5.56 Å². The van der Waals surface area contributed by atoms with Gasteiger partial charge in [-0.2, -0.15) is 0 Å². The van der Waals surface area contributed by atoms with Crippen molar-refractivity contribution < 1.29 is 13.6 Å². The van der Waals surface area contributed by atoms with Gasteiger partial charge < -0.3 is 15.1 Å². The van der Waals surface area contributed by atoms with Gasteiger partial charge in [-0.05, 0) is 29.8 Å². The molecule has 1 aliphatic heterocycles. The Morgan fingerprint density at radius 2 is 1.69 bits per heavy atom. The fraction of sp³-hybridized carbons (Fsp3) is 0.261. The number of halogens is 2. The lowest BCUT2D eigenvalue weighted by molar-refractivity contribution is -0.118. The fourth-order valence-electron chi connectivity index (χ4n) is 3.46. The first-order valence-corrected chi connectivity index (χ1v) is 11.3. The van der Waals surface area contributed by atoms with Crippen molar-refractivity contribution in [3.05, 3.63) is 78.1 Å². The van der Waals surface area contributed by atoms with Crippen LogP contribution in [-0.4, -0.2) is 47.8 Å². The minimum Gasteiger partial charge on any atom is -0.366 e. The smallest absolute Gasteiger partial charge is 0.230 e. The zero-order chi connectivity index (χ0) is 22.3. The minimum atomic E-state index is -0.302. The molecule has 1 aliphatic rings.